The maximum atomic E-state index is 15.6. The molecular formula is C40H38Cl3FN6O4. The number of amides is 2. The number of methoxy groups -OCH3 is 2. The molecule has 0 unspecified atom stereocenters. The van der Waals surface area contributed by atoms with Gasteiger partial charge in [0.15, 0.2) is 0 Å². The molecule has 2 fully saturated rings. The lowest BCUT2D eigenvalue weighted by Crippen LogP contribution is -2.35. The maximum absolute atomic E-state index is 15.6. The smallest absolute Gasteiger partial charge is 0.221 e. The second-order valence-electron chi connectivity index (χ2n) is 13.3. The van der Waals surface area contributed by atoms with Crippen molar-refractivity contribution in [3.8, 4) is 45.3 Å². The summed E-state index contributed by atoms with van der Waals surface area (Å²) in [6, 6.07) is 18.1. The van der Waals surface area contributed by atoms with Crippen LogP contribution in [-0.2, 0) is 22.7 Å². The monoisotopic (exact) mass is 790 g/mol. The summed E-state index contributed by atoms with van der Waals surface area (Å²) in [6.45, 7) is 1.81. The number of fused-ring (bicyclic) bond motifs is 1. The van der Waals surface area contributed by atoms with Crippen LogP contribution in [0.2, 0.25) is 15.1 Å². The summed E-state index contributed by atoms with van der Waals surface area (Å²) in [6.07, 6.45) is 2.58. The standard InChI is InChI=1S/C40H38Cl3FN6O4/c1-53-39-21(17-45-18-22-9-13-34(51)47-22)15-30(41)38-28(39)11-12-32(49-38)26-7-3-5-24(36(26)42)25-6-4-8-27(37(25)43)33-16-31(44)29(40(50-33)54-2)20-46-19-23-10-14-35(52)48-23/h3-8,11-12,15-16,22-23,45-46H,9-10,13-14,17-20H2,1-2H3,(H,47,51)(H,48,52)/t22-,23-/m1/s1. The summed E-state index contributed by atoms with van der Waals surface area (Å²) in [7, 11) is 3.05. The van der Waals surface area contributed by atoms with Gasteiger partial charge in [0.05, 0.1) is 51.8 Å². The van der Waals surface area contributed by atoms with E-state index in [1.807, 2.05) is 48.5 Å². The van der Waals surface area contributed by atoms with Crippen molar-refractivity contribution in [2.24, 2.45) is 0 Å². The molecule has 2 aliphatic rings. The molecule has 4 N–H and O–H groups in total. The molecule has 14 heteroatoms. The highest BCUT2D eigenvalue weighted by atomic mass is 35.5. The Bertz CT molecular complexity index is 2260. The lowest BCUT2D eigenvalue weighted by atomic mass is 9.97. The van der Waals surface area contributed by atoms with E-state index < -0.39 is 5.82 Å². The van der Waals surface area contributed by atoms with Gasteiger partial charge in [0.2, 0.25) is 17.7 Å². The number of carbonyl (C=O) groups excluding carboxylic acids is 2. The average Bonchev–Trinajstić information content (AvgIpc) is 3.79. The van der Waals surface area contributed by atoms with Crippen LogP contribution in [0.3, 0.4) is 0 Å². The second-order valence-corrected chi connectivity index (χ2v) is 14.5. The average molecular weight is 792 g/mol. The van der Waals surface area contributed by atoms with Gasteiger partial charge in [-0.3, -0.25) is 9.59 Å². The highest BCUT2D eigenvalue weighted by Crippen LogP contribution is 2.43. The highest BCUT2D eigenvalue weighted by Gasteiger charge is 2.24. The molecule has 4 heterocycles. The van der Waals surface area contributed by atoms with Crippen molar-refractivity contribution in [3.05, 3.63) is 92.7 Å². The van der Waals surface area contributed by atoms with Crippen molar-refractivity contribution < 1.29 is 23.5 Å². The molecule has 0 bridgehead atoms. The lowest BCUT2D eigenvalue weighted by molar-refractivity contribution is -0.120. The minimum atomic E-state index is -0.499. The Hall–Kier alpha value is -4.52. The van der Waals surface area contributed by atoms with Crippen LogP contribution in [0.5, 0.6) is 11.6 Å². The molecule has 2 aliphatic heterocycles. The Labute approximate surface area is 327 Å². The van der Waals surface area contributed by atoms with E-state index in [9.17, 15) is 9.59 Å². The number of carbonyl (C=O) groups is 2. The van der Waals surface area contributed by atoms with Gasteiger partial charge in [0.1, 0.15) is 11.6 Å². The quantitative estimate of drug-likeness (QED) is 0.0968. The van der Waals surface area contributed by atoms with Crippen molar-refractivity contribution in [2.75, 3.05) is 27.3 Å². The van der Waals surface area contributed by atoms with Crippen molar-refractivity contribution in [2.45, 2.75) is 50.9 Å². The summed E-state index contributed by atoms with van der Waals surface area (Å²) < 4.78 is 26.9. The molecule has 0 radical (unpaired) electrons. The molecule has 54 heavy (non-hydrogen) atoms. The van der Waals surface area contributed by atoms with E-state index >= 15 is 4.39 Å². The predicted molar refractivity (Wildman–Crippen MR) is 210 cm³/mol. The van der Waals surface area contributed by atoms with E-state index in [4.69, 9.17) is 49.3 Å². The molecule has 5 aromatic rings. The molecule has 280 valence electrons. The van der Waals surface area contributed by atoms with Crippen LogP contribution < -0.4 is 30.7 Å². The molecule has 0 aliphatic carbocycles. The Morgan fingerprint density at radius 3 is 1.93 bits per heavy atom. The van der Waals surface area contributed by atoms with Gasteiger partial charge >= 0.3 is 0 Å². The fraction of sp³-hybridized carbons (Fsp3) is 0.300. The largest absolute Gasteiger partial charge is 0.496 e. The van der Waals surface area contributed by atoms with E-state index in [0.717, 1.165) is 23.8 Å². The highest BCUT2D eigenvalue weighted by molar-refractivity contribution is 6.39. The second kappa shape index (κ2) is 16.5. The van der Waals surface area contributed by atoms with Gasteiger partial charge in [-0.15, -0.1) is 0 Å². The summed E-state index contributed by atoms with van der Waals surface area (Å²) in [5.74, 6) is 0.390. The van der Waals surface area contributed by atoms with Crippen LogP contribution in [0, 0.1) is 5.82 Å². The fourth-order valence-electron chi connectivity index (χ4n) is 7.08. The van der Waals surface area contributed by atoms with Crippen LogP contribution in [0.4, 0.5) is 4.39 Å². The third-order valence-electron chi connectivity index (χ3n) is 9.80. The topological polar surface area (TPSA) is 126 Å². The zero-order valence-corrected chi connectivity index (χ0v) is 31.9. The third kappa shape index (κ3) is 7.83. The first kappa shape index (κ1) is 37.8. The van der Waals surface area contributed by atoms with Crippen molar-refractivity contribution >= 4 is 57.5 Å². The van der Waals surface area contributed by atoms with Crippen LogP contribution >= 0.6 is 34.8 Å². The first-order chi connectivity index (χ1) is 26.1. The lowest BCUT2D eigenvalue weighted by Gasteiger charge is -2.17. The van der Waals surface area contributed by atoms with Crippen molar-refractivity contribution in [1.29, 1.82) is 0 Å². The van der Waals surface area contributed by atoms with Crippen LogP contribution in [0.1, 0.15) is 36.8 Å². The minimum Gasteiger partial charge on any atom is -0.496 e. The molecule has 0 saturated carbocycles. The zero-order valence-electron chi connectivity index (χ0n) is 29.6. The van der Waals surface area contributed by atoms with Crippen molar-refractivity contribution in [1.82, 2.24) is 31.2 Å². The molecule has 10 nitrogen and oxygen atoms in total. The first-order valence-corrected chi connectivity index (χ1v) is 18.8. The number of benzene rings is 3. The Morgan fingerprint density at radius 2 is 1.35 bits per heavy atom. The minimum absolute atomic E-state index is 0.00467. The summed E-state index contributed by atoms with van der Waals surface area (Å²) in [5.41, 5.74) is 5.05. The maximum Gasteiger partial charge on any atom is 0.221 e. The number of nitrogens with one attached hydrogen (secondary N) is 4. The number of hydrogen-bond acceptors (Lipinski definition) is 8. The first-order valence-electron chi connectivity index (χ1n) is 17.6. The Balaban J connectivity index is 1.15. The SMILES string of the molecule is COc1nc(-c2cccc(-c3cccc(-c4ccc5c(OC)c(CNC[C@H]6CCC(=O)N6)cc(Cl)c5n4)c3Cl)c2Cl)cc(F)c1CNC[C@H]1CCC(=O)N1. The summed E-state index contributed by atoms with van der Waals surface area (Å²) >= 11 is 21.0. The number of ether oxygens (including phenoxy) is 2. The number of nitrogens with zero attached hydrogens (tertiary/aromatic N) is 2. The molecule has 7 rings (SSSR count). The normalized spacial score (nSPS) is 16.9. The molecule has 3 aromatic carbocycles. The summed E-state index contributed by atoms with van der Waals surface area (Å²) in [4.78, 5) is 32.7. The van der Waals surface area contributed by atoms with Crippen molar-refractivity contribution in [3.63, 3.8) is 0 Å². The van der Waals surface area contributed by atoms with E-state index in [1.165, 1.54) is 13.2 Å². The number of rotatable bonds is 13. The molecular weight excluding hydrogens is 754 g/mol. The predicted octanol–water partition coefficient (Wildman–Crippen LogP) is 7.48. The molecule has 2 atom stereocenters. The Morgan fingerprint density at radius 1 is 0.759 bits per heavy atom. The van der Waals surface area contributed by atoms with Gasteiger partial charge in [-0.2, -0.15) is 0 Å². The number of pyridine rings is 2. The van der Waals surface area contributed by atoms with E-state index in [-0.39, 0.29) is 41.9 Å². The van der Waals surface area contributed by atoms with Crippen LogP contribution in [0.25, 0.3) is 44.5 Å². The van der Waals surface area contributed by atoms with Gasteiger partial charge < -0.3 is 30.7 Å². The molecule has 2 saturated heterocycles. The fourth-order valence-corrected chi connectivity index (χ4v) is 8.01. The molecule has 2 aromatic heterocycles. The Kier molecular flexibility index (Phi) is 11.5. The molecule has 2 amide bonds. The molecule has 0 spiro atoms. The van der Waals surface area contributed by atoms with E-state index in [0.29, 0.717) is 92.5 Å². The van der Waals surface area contributed by atoms with Crippen LogP contribution in [-0.4, -0.2) is 61.2 Å². The van der Waals surface area contributed by atoms with Gasteiger partial charge in [0.25, 0.3) is 0 Å². The van der Waals surface area contributed by atoms with E-state index in [1.54, 1.807) is 13.2 Å². The number of aromatic nitrogens is 2. The number of hydrogen-bond donors (Lipinski definition) is 4. The van der Waals surface area contributed by atoms with Gasteiger partial charge in [-0.1, -0.05) is 71.2 Å². The van der Waals surface area contributed by atoms with Crippen LogP contribution in [0.15, 0.2) is 60.7 Å². The third-order valence-corrected chi connectivity index (χ3v) is 10.9. The number of halogens is 4. The van der Waals surface area contributed by atoms with Gasteiger partial charge in [-0.05, 0) is 31.0 Å². The van der Waals surface area contributed by atoms with Gasteiger partial charge in [0, 0.05) is 90.4 Å². The van der Waals surface area contributed by atoms with E-state index in [2.05, 4.69) is 26.3 Å². The summed E-state index contributed by atoms with van der Waals surface area (Å²) in [5, 5.41) is 14.4. The zero-order chi connectivity index (χ0) is 37.9. The van der Waals surface area contributed by atoms with Gasteiger partial charge in [-0.25, -0.2) is 14.4 Å².